The zero-order valence-electron chi connectivity index (χ0n) is 13.0. The maximum atomic E-state index is 12.9. The highest BCUT2D eigenvalue weighted by Gasteiger charge is 2.49. The lowest BCUT2D eigenvalue weighted by Gasteiger charge is -2.35. The van der Waals surface area contributed by atoms with Gasteiger partial charge in [0.25, 0.3) is 5.91 Å². The summed E-state index contributed by atoms with van der Waals surface area (Å²) in [5, 5.41) is 11.6. The molecule has 0 radical (unpaired) electrons. The summed E-state index contributed by atoms with van der Waals surface area (Å²) in [6, 6.07) is 20.6. The summed E-state index contributed by atoms with van der Waals surface area (Å²) in [7, 11) is 0. The summed E-state index contributed by atoms with van der Waals surface area (Å²) >= 11 is 0. The van der Waals surface area contributed by atoms with Gasteiger partial charge in [0, 0.05) is 30.1 Å². The standard InChI is InChI=1S/C20H16N2O2/c23-19-17-13-21-12-11-18(17)20(24,16-9-5-2-6-10-16)22(19)14-15-7-3-1-4-8-15/h1-13,24H,14H2. The Morgan fingerprint density at radius 1 is 0.958 bits per heavy atom. The average molecular weight is 316 g/mol. The van der Waals surface area contributed by atoms with Crippen molar-refractivity contribution in [2.24, 2.45) is 0 Å². The van der Waals surface area contributed by atoms with Gasteiger partial charge in [0.1, 0.15) is 0 Å². The number of rotatable bonds is 3. The summed E-state index contributed by atoms with van der Waals surface area (Å²) in [6.07, 6.45) is 3.13. The molecule has 1 atom stereocenters. The molecule has 1 N–H and O–H groups in total. The molecule has 1 amide bonds. The second-order valence-electron chi connectivity index (χ2n) is 5.84. The topological polar surface area (TPSA) is 53.4 Å². The predicted molar refractivity (Wildman–Crippen MR) is 90.0 cm³/mol. The second-order valence-corrected chi connectivity index (χ2v) is 5.84. The Bertz CT molecular complexity index is 880. The van der Waals surface area contributed by atoms with Crippen LogP contribution in [0.2, 0.25) is 0 Å². The van der Waals surface area contributed by atoms with Crippen molar-refractivity contribution in [3.8, 4) is 0 Å². The first-order valence-corrected chi connectivity index (χ1v) is 7.79. The SMILES string of the molecule is O=C1c2cnccc2C(O)(c2ccccc2)N1Cc1ccccc1. The first-order chi connectivity index (χ1) is 11.7. The van der Waals surface area contributed by atoms with Crippen LogP contribution < -0.4 is 0 Å². The van der Waals surface area contributed by atoms with Gasteiger partial charge < -0.3 is 5.11 Å². The third-order valence-corrected chi connectivity index (χ3v) is 4.42. The van der Waals surface area contributed by atoms with Crippen LogP contribution in [0.15, 0.2) is 79.1 Å². The Balaban J connectivity index is 1.87. The molecular formula is C20H16N2O2. The van der Waals surface area contributed by atoms with Gasteiger partial charge in [-0.25, -0.2) is 0 Å². The molecule has 118 valence electrons. The Morgan fingerprint density at radius 2 is 1.62 bits per heavy atom. The van der Waals surface area contributed by atoms with Crippen molar-refractivity contribution >= 4 is 5.91 Å². The molecule has 0 fully saturated rings. The van der Waals surface area contributed by atoms with E-state index in [-0.39, 0.29) is 5.91 Å². The number of hydrogen-bond donors (Lipinski definition) is 1. The van der Waals surface area contributed by atoms with E-state index in [2.05, 4.69) is 4.98 Å². The number of fused-ring (bicyclic) bond motifs is 1. The van der Waals surface area contributed by atoms with Crippen LogP contribution in [0, 0.1) is 0 Å². The van der Waals surface area contributed by atoms with Gasteiger partial charge in [-0.15, -0.1) is 0 Å². The molecule has 1 unspecified atom stereocenters. The fourth-order valence-corrected chi connectivity index (χ4v) is 3.24. The third kappa shape index (κ3) is 2.12. The number of benzene rings is 2. The summed E-state index contributed by atoms with van der Waals surface area (Å²) in [6.45, 7) is 0.319. The summed E-state index contributed by atoms with van der Waals surface area (Å²) in [5.74, 6) is -0.215. The Labute approximate surface area is 140 Å². The number of amides is 1. The van der Waals surface area contributed by atoms with E-state index in [0.29, 0.717) is 23.2 Å². The van der Waals surface area contributed by atoms with E-state index >= 15 is 0 Å². The quantitative estimate of drug-likeness (QED) is 0.808. The first kappa shape index (κ1) is 14.6. The van der Waals surface area contributed by atoms with Gasteiger partial charge in [-0.1, -0.05) is 60.7 Å². The van der Waals surface area contributed by atoms with E-state index in [1.807, 2.05) is 60.7 Å². The van der Waals surface area contributed by atoms with Gasteiger partial charge in [0.2, 0.25) is 0 Å². The fourth-order valence-electron chi connectivity index (χ4n) is 3.24. The van der Waals surface area contributed by atoms with Crippen molar-refractivity contribution in [2.75, 3.05) is 0 Å². The molecule has 0 spiro atoms. The van der Waals surface area contributed by atoms with Crippen molar-refractivity contribution in [1.29, 1.82) is 0 Å². The molecule has 4 heteroatoms. The highest BCUT2D eigenvalue weighted by Crippen LogP contribution is 2.42. The van der Waals surface area contributed by atoms with Crippen molar-refractivity contribution in [2.45, 2.75) is 12.3 Å². The lowest BCUT2D eigenvalue weighted by molar-refractivity contribution is -0.0543. The number of aliphatic hydroxyl groups is 1. The van der Waals surface area contributed by atoms with Crippen LogP contribution in [0.1, 0.15) is 27.0 Å². The molecule has 0 aliphatic carbocycles. The molecule has 0 saturated carbocycles. The van der Waals surface area contributed by atoms with Crippen molar-refractivity contribution in [3.63, 3.8) is 0 Å². The van der Waals surface area contributed by atoms with Gasteiger partial charge in [-0.2, -0.15) is 0 Å². The Hall–Kier alpha value is -2.98. The molecule has 24 heavy (non-hydrogen) atoms. The molecule has 3 aromatic rings. The number of hydrogen-bond acceptors (Lipinski definition) is 3. The van der Waals surface area contributed by atoms with E-state index in [1.165, 1.54) is 11.1 Å². The van der Waals surface area contributed by atoms with E-state index in [0.717, 1.165) is 5.56 Å². The molecule has 4 nitrogen and oxygen atoms in total. The maximum Gasteiger partial charge on any atom is 0.258 e. The molecule has 2 heterocycles. The zero-order chi connectivity index (χ0) is 16.6. The zero-order valence-corrected chi connectivity index (χ0v) is 13.0. The van der Waals surface area contributed by atoms with Crippen LogP contribution in [0.3, 0.4) is 0 Å². The largest absolute Gasteiger partial charge is 0.363 e. The Kier molecular flexibility index (Phi) is 3.40. The fraction of sp³-hybridized carbons (Fsp3) is 0.100. The highest BCUT2D eigenvalue weighted by atomic mass is 16.3. The number of carbonyl (C=O) groups excluding carboxylic acids is 1. The number of pyridine rings is 1. The minimum absolute atomic E-state index is 0.215. The summed E-state index contributed by atoms with van der Waals surface area (Å²) in [4.78, 5) is 18.5. The van der Waals surface area contributed by atoms with Crippen LogP contribution in [0.4, 0.5) is 0 Å². The highest BCUT2D eigenvalue weighted by molar-refractivity contribution is 6.00. The van der Waals surface area contributed by atoms with Crippen LogP contribution in [-0.4, -0.2) is 20.9 Å². The minimum atomic E-state index is -1.49. The van der Waals surface area contributed by atoms with Gasteiger partial charge >= 0.3 is 0 Å². The van der Waals surface area contributed by atoms with Crippen molar-refractivity contribution in [1.82, 2.24) is 9.88 Å². The molecule has 0 saturated heterocycles. The van der Waals surface area contributed by atoms with Gasteiger partial charge in [0.15, 0.2) is 5.72 Å². The van der Waals surface area contributed by atoms with Gasteiger partial charge in [-0.3, -0.25) is 14.7 Å². The predicted octanol–water partition coefficient (Wildman–Crippen LogP) is 2.93. The van der Waals surface area contributed by atoms with Crippen molar-refractivity contribution in [3.05, 3.63) is 101 Å². The molecule has 0 bridgehead atoms. The molecule has 4 rings (SSSR count). The normalized spacial score (nSPS) is 19.4. The van der Waals surface area contributed by atoms with E-state index in [1.54, 1.807) is 12.3 Å². The first-order valence-electron chi connectivity index (χ1n) is 7.79. The van der Waals surface area contributed by atoms with E-state index in [4.69, 9.17) is 0 Å². The Morgan fingerprint density at radius 3 is 2.33 bits per heavy atom. The number of aromatic nitrogens is 1. The van der Waals surface area contributed by atoms with E-state index < -0.39 is 5.72 Å². The lowest BCUT2D eigenvalue weighted by atomic mass is 9.94. The van der Waals surface area contributed by atoms with Crippen molar-refractivity contribution < 1.29 is 9.90 Å². The summed E-state index contributed by atoms with van der Waals surface area (Å²) in [5.41, 5.74) is 1.15. The van der Waals surface area contributed by atoms with Crippen LogP contribution in [0.25, 0.3) is 0 Å². The smallest absolute Gasteiger partial charge is 0.258 e. The van der Waals surface area contributed by atoms with Crippen LogP contribution >= 0.6 is 0 Å². The van der Waals surface area contributed by atoms with Gasteiger partial charge in [0.05, 0.1) is 5.56 Å². The number of carbonyl (C=O) groups is 1. The monoisotopic (exact) mass is 316 g/mol. The minimum Gasteiger partial charge on any atom is -0.363 e. The van der Waals surface area contributed by atoms with Crippen LogP contribution in [0.5, 0.6) is 0 Å². The average Bonchev–Trinajstić information content (AvgIpc) is 2.87. The molecule has 2 aromatic carbocycles. The second kappa shape index (κ2) is 5.58. The lowest BCUT2D eigenvalue weighted by Crippen LogP contribution is -2.44. The van der Waals surface area contributed by atoms with Crippen LogP contribution in [-0.2, 0) is 12.3 Å². The molecule has 1 aromatic heterocycles. The number of nitrogens with zero attached hydrogens (tertiary/aromatic N) is 2. The molecule has 1 aliphatic rings. The van der Waals surface area contributed by atoms with Gasteiger partial charge in [-0.05, 0) is 11.6 Å². The van der Waals surface area contributed by atoms with E-state index in [9.17, 15) is 9.90 Å². The molecule has 1 aliphatic heterocycles. The molecular weight excluding hydrogens is 300 g/mol. The summed E-state index contributed by atoms with van der Waals surface area (Å²) < 4.78 is 0. The third-order valence-electron chi connectivity index (χ3n) is 4.42. The maximum absolute atomic E-state index is 12.9.